The average molecular weight is 599 g/mol. The fraction of sp³-hybridized carbons (Fsp3) is 0.429. The van der Waals surface area contributed by atoms with Crippen molar-refractivity contribution in [1.29, 1.82) is 0 Å². The number of aromatic nitrogens is 2. The fourth-order valence-corrected chi connectivity index (χ4v) is 7.22. The molecule has 5 rings (SSSR count). The van der Waals surface area contributed by atoms with Crippen molar-refractivity contribution < 1.29 is 34.8 Å². The highest BCUT2D eigenvalue weighted by Gasteiger charge is 2.39. The van der Waals surface area contributed by atoms with Gasteiger partial charge in [0.2, 0.25) is 0 Å². The molecule has 41 heavy (non-hydrogen) atoms. The average Bonchev–Trinajstić information content (AvgIpc) is 3.46. The van der Waals surface area contributed by atoms with Gasteiger partial charge < -0.3 is 5.32 Å². The number of benzene rings is 2. The number of hydrogen-bond acceptors (Lipinski definition) is 6. The lowest BCUT2D eigenvalue weighted by molar-refractivity contribution is -0.140. The van der Waals surface area contributed by atoms with E-state index in [1.807, 2.05) is 0 Å². The number of rotatable bonds is 7. The zero-order valence-corrected chi connectivity index (χ0v) is 22.7. The lowest BCUT2D eigenvalue weighted by Gasteiger charge is -2.42. The van der Waals surface area contributed by atoms with Crippen LogP contribution in [0.5, 0.6) is 0 Å². The second-order valence-electron chi connectivity index (χ2n) is 10.5. The molecule has 3 aromatic rings. The van der Waals surface area contributed by atoms with Gasteiger partial charge in [0, 0.05) is 24.3 Å². The van der Waals surface area contributed by atoms with Gasteiger partial charge in [-0.3, -0.25) is 4.90 Å². The van der Waals surface area contributed by atoms with Crippen molar-refractivity contribution in [1.82, 2.24) is 14.9 Å². The summed E-state index contributed by atoms with van der Waals surface area (Å²) in [4.78, 5) is 8.95. The zero-order valence-electron chi connectivity index (χ0n) is 21.8. The van der Waals surface area contributed by atoms with E-state index in [9.17, 15) is 26.0 Å². The summed E-state index contributed by atoms with van der Waals surface area (Å²) in [6.07, 6.45) is 0.874. The maximum absolute atomic E-state index is 15.2. The Morgan fingerprint density at radius 2 is 1.71 bits per heavy atom. The third kappa shape index (κ3) is 6.50. The predicted octanol–water partition coefficient (Wildman–Crippen LogP) is 6.10. The monoisotopic (exact) mass is 598 g/mol. The first-order valence-electron chi connectivity index (χ1n) is 13.3. The van der Waals surface area contributed by atoms with Crippen LogP contribution >= 0.6 is 0 Å². The maximum Gasteiger partial charge on any atom is 0.419 e. The maximum atomic E-state index is 15.2. The minimum Gasteiger partial charge on any atom is -0.378 e. The zero-order chi connectivity index (χ0) is 29.4. The Morgan fingerprint density at radius 3 is 2.39 bits per heavy atom. The van der Waals surface area contributed by atoms with Crippen LogP contribution in [-0.2, 0) is 21.8 Å². The summed E-state index contributed by atoms with van der Waals surface area (Å²) in [5, 5.41) is 3.05. The Balaban J connectivity index is 1.37. The van der Waals surface area contributed by atoms with Crippen molar-refractivity contribution >= 4 is 15.5 Å². The van der Waals surface area contributed by atoms with Crippen molar-refractivity contribution in [3.05, 3.63) is 83.2 Å². The molecule has 6 nitrogen and oxygen atoms in total. The van der Waals surface area contributed by atoms with E-state index >= 15 is 8.78 Å². The molecule has 1 aromatic heterocycles. The highest BCUT2D eigenvalue weighted by molar-refractivity contribution is 7.90. The van der Waals surface area contributed by atoms with E-state index in [1.54, 1.807) is 0 Å². The Labute approximate surface area is 233 Å². The molecule has 220 valence electrons. The lowest BCUT2D eigenvalue weighted by Crippen LogP contribution is -2.49. The summed E-state index contributed by atoms with van der Waals surface area (Å²) in [5.74, 6) is -4.29. The fourth-order valence-electron chi connectivity index (χ4n) is 5.86. The van der Waals surface area contributed by atoms with Crippen LogP contribution < -0.4 is 5.32 Å². The van der Waals surface area contributed by atoms with Gasteiger partial charge in [-0.05, 0) is 80.9 Å². The molecule has 0 amide bonds. The molecular weight excluding hydrogens is 570 g/mol. The molecule has 1 aliphatic carbocycles. The van der Waals surface area contributed by atoms with E-state index in [0.29, 0.717) is 30.9 Å². The molecule has 3 atom stereocenters. The molecule has 2 heterocycles. The standard InChI is InChI=1S/C28H28F6N4O2S/c29-21-5-3-17(11-20(21)28(32,33)34)18-4-6-24(26(12-18)38-9-1-2-10-38)37-25-13-23(31)27(14-22(25)30)41(39,40)15-19-7-8-35-16-36-19/h3,5,7-8,11,13-14,16,18,24,26,37H,1-2,4,6,9-10,12,15H2/t18-,24-,26-/m0/s1. The van der Waals surface area contributed by atoms with Crippen molar-refractivity contribution in [2.24, 2.45) is 0 Å². The number of nitrogens with zero attached hydrogens (tertiary/aromatic N) is 3. The van der Waals surface area contributed by atoms with Crippen LogP contribution in [0.2, 0.25) is 0 Å². The highest BCUT2D eigenvalue weighted by Crippen LogP contribution is 2.40. The SMILES string of the molecule is O=S(=O)(Cc1ccncn1)c1cc(F)c(N[C@H]2CC[C@H](c3ccc(F)c(C(F)(F)F)c3)C[C@@H]2N2CCCC2)cc1F. The van der Waals surface area contributed by atoms with Gasteiger partial charge in [-0.15, -0.1) is 0 Å². The van der Waals surface area contributed by atoms with Crippen LogP contribution in [0.1, 0.15) is 54.8 Å². The summed E-state index contributed by atoms with van der Waals surface area (Å²) in [6.45, 7) is 1.51. The first-order valence-corrected chi connectivity index (χ1v) is 14.9. The molecule has 1 aliphatic heterocycles. The van der Waals surface area contributed by atoms with E-state index < -0.39 is 49.7 Å². The number of sulfone groups is 1. The molecule has 0 radical (unpaired) electrons. The van der Waals surface area contributed by atoms with Gasteiger partial charge in [-0.1, -0.05) is 6.07 Å². The first-order chi connectivity index (χ1) is 19.4. The van der Waals surface area contributed by atoms with E-state index in [1.165, 1.54) is 18.3 Å². The van der Waals surface area contributed by atoms with E-state index in [0.717, 1.165) is 50.5 Å². The number of hydrogen-bond donors (Lipinski definition) is 1. The molecule has 1 saturated heterocycles. The Morgan fingerprint density at radius 1 is 0.951 bits per heavy atom. The van der Waals surface area contributed by atoms with Crippen molar-refractivity contribution in [3.63, 3.8) is 0 Å². The number of likely N-dealkylation sites (tertiary alicyclic amines) is 1. The predicted molar refractivity (Wildman–Crippen MR) is 139 cm³/mol. The third-order valence-electron chi connectivity index (χ3n) is 7.87. The molecule has 13 heteroatoms. The number of anilines is 1. The van der Waals surface area contributed by atoms with Crippen LogP contribution in [0.15, 0.2) is 53.8 Å². The third-order valence-corrected chi connectivity index (χ3v) is 9.53. The molecule has 1 saturated carbocycles. The summed E-state index contributed by atoms with van der Waals surface area (Å²) in [7, 11) is -4.24. The van der Waals surface area contributed by atoms with E-state index in [4.69, 9.17) is 0 Å². The van der Waals surface area contributed by atoms with Gasteiger partial charge in [0.15, 0.2) is 9.84 Å². The highest BCUT2D eigenvalue weighted by atomic mass is 32.2. The van der Waals surface area contributed by atoms with Gasteiger partial charge in [-0.25, -0.2) is 31.6 Å². The second kappa shape index (κ2) is 11.6. The molecule has 0 bridgehead atoms. The van der Waals surface area contributed by atoms with Gasteiger partial charge in [-0.2, -0.15) is 13.2 Å². The quantitative estimate of drug-likeness (QED) is 0.332. The summed E-state index contributed by atoms with van der Waals surface area (Å²) < 4.78 is 110. The molecule has 2 fully saturated rings. The normalized spacial score (nSPS) is 22.1. The number of alkyl halides is 3. The Kier molecular flexibility index (Phi) is 8.29. The number of halogens is 6. The van der Waals surface area contributed by atoms with Crippen molar-refractivity contribution in [2.75, 3.05) is 18.4 Å². The molecule has 2 aliphatic rings. The molecule has 0 spiro atoms. The van der Waals surface area contributed by atoms with Crippen molar-refractivity contribution in [2.45, 2.75) is 66.9 Å². The van der Waals surface area contributed by atoms with Crippen LogP contribution in [0, 0.1) is 17.5 Å². The lowest BCUT2D eigenvalue weighted by atomic mass is 9.77. The van der Waals surface area contributed by atoms with E-state index in [-0.39, 0.29) is 29.4 Å². The summed E-state index contributed by atoms with van der Waals surface area (Å²) >= 11 is 0. The first kappa shape index (κ1) is 29.3. The molecular formula is C28H28F6N4O2S. The molecule has 2 aromatic carbocycles. The minimum atomic E-state index is -4.82. The van der Waals surface area contributed by atoms with Crippen molar-refractivity contribution in [3.8, 4) is 0 Å². The van der Waals surface area contributed by atoms with Gasteiger partial charge in [0.05, 0.1) is 22.7 Å². The Bertz CT molecular complexity index is 1500. The molecule has 1 N–H and O–H groups in total. The minimum absolute atomic E-state index is 0.135. The van der Waals surface area contributed by atoms with Crippen LogP contribution in [0.25, 0.3) is 0 Å². The topological polar surface area (TPSA) is 75.2 Å². The van der Waals surface area contributed by atoms with Gasteiger partial charge >= 0.3 is 6.18 Å². The molecule has 0 unspecified atom stereocenters. The van der Waals surface area contributed by atoms with Crippen LogP contribution in [0.4, 0.5) is 32.0 Å². The number of nitrogens with one attached hydrogen (secondary N) is 1. The Hall–Kier alpha value is -3.19. The largest absolute Gasteiger partial charge is 0.419 e. The van der Waals surface area contributed by atoms with E-state index in [2.05, 4.69) is 20.2 Å². The second-order valence-corrected chi connectivity index (χ2v) is 12.5. The summed E-state index contributed by atoms with van der Waals surface area (Å²) in [6, 6.07) is 5.35. The van der Waals surface area contributed by atoms with Gasteiger partial charge in [0.25, 0.3) is 0 Å². The van der Waals surface area contributed by atoms with Crippen LogP contribution in [-0.4, -0.2) is 48.5 Å². The van der Waals surface area contributed by atoms with Crippen LogP contribution in [0.3, 0.4) is 0 Å². The smallest absolute Gasteiger partial charge is 0.378 e. The van der Waals surface area contributed by atoms with Gasteiger partial charge in [0.1, 0.15) is 28.7 Å². The summed E-state index contributed by atoms with van der Waals surface area (Å²) in [5.41, 5.74) is -0.981.